The van der Waals surface area contributed by atoms with Gasteiger partial charge in [0.2, 0.25) is 0 Å². The minimum absolute atomic E-state index is 0.106. The zero-order chi connectivity index (χ0) is 17.8. The average molecular weight is 360 g/mol. The third-order valence-electron chi connectivity index (χ3n) is 4.38. The average Bonchev–Trinajstić information content (AvgIpc) is 3.12. The number of aromatic nitrogens is 1. The zero-order valence-corrected chi connectivity index (χ0v) is 15.4. The number of nitrogens with zero attached hydrogens (tertiary/aromatic N) is 1. The molecule has 1 N–H and O–H groups in total. The summed E-state index contributed by atoms with van der Waals surface area (Å²) in [5, 5.41) is 4.77. The van der Waals surface area contributed by atoms with E-state index in [0.717, 1.165) is 22.8 Å². The lowest BCUT2D eigenvalue weighted by Crippen LogP contribution is -2.22. The van der Waals surface area contributed by atoms with Crippen LogP contribution in [0.2, 0.25) is 0 Å². The van der Waals surface area contributed by atoms with Gasteiger partial charge >= 0.3 is 0 Å². The van der Waals surface area contributed by atoms with Gasteiger partial charge in [0.1, 0.15) is 10.8 Å². The molecule has 4 aromatic rings. The van der Waals surface area contributed by atoms with E-state index >= 15 is 0 Å². The first-order valence-electron chi connectivity index (χ1n) is 8.60. The fourth-order valence-electron chi connectivity index (χ4n) is 3.05. The number of fused-ring (bicyclic) bond motifs is 1. The third-order valence-corrected chi connectivity index (χ3v) is 5.41. The Morgan fingerprint density at radius 1 is 0.885 bits per heavy atom. The molecule has 0 spiro atoms. The van der Waals surface area contributed by atoms with Crippen LogP contribution in [0.15, 0.2) is 78.9 Å². The van der Waals surface area contributed by atoms with Crippen molar-refractivity contribution in [2.24, 2.45) is 0 Å². The van der Waals surface area contributed by atoms with E-state index < -0.39 is 0 Å². The van der Waals surface area contributed by atoms with Gasteiger partial charge in [-0.2, -0.15) is 0 Å². The monoisotopic (exact) mass is 360 g/mol. The highest BCUT2D eigenvalue weighted by molar-refractivity contribution is 7.18. The summed E-state index contributed by atoms with van der Waals surface area (Å²) in [6.07, 6.45) is 0. The number of rotatable bonds is 6. The fraction of sp³-hybridized carbons (Fsp3) is 0.136. The zero-order valence-electron chi connectivity index (χ0n) is 14.6. The first kappa shape index (κ1) is 16.8. The Hall–Kier alpha value is -2.69. The molecule has 0 fully saturated rings. The predicted octanol–water partition coefficient (Wildman–Crippen LogP) is 5.18. The van der Waals surface area contributed by atoms with Gasteiger partial charge in [-0.05, 0) is 35.4 Å². The fourth-order valence-corrected chi connectivity index (χ4v) is 3.97. The number of benzene rings is 3. The molecule has 0 radical (unpaired) electrons. The van der Waals surface area contributed by atoms with Gasteiger partial charge in [-0.3, -0.25) is 5.32 Å². The molecule has 1 atom stereocenters. The van der Waals surface area contributed by atoms with Gasteiger partial charge in [0.05, 0.1) is 23.4 Å². The molecule has 0 bridgehead atoms. The maximum Gasteiger partial charge on any atom is 0.118 e. The number of hydrogen-bond acceptors (Lipinski definition) is 4. The van der Waals surface area contributed by atoms with E-state index in [1.54, 1.807) is 18.4 Å². The Morgan fingerprint density at radius 3 is 2.31 bits per heavy atom. The molecule has 3 aromatic carbocycles. The molecule has 3 nitrogen and oxygen atoms in total. The number of para-hydroxylation sites is 1. The highest BCUT2D eigenvalue weighted by atomic mass is 32.1. The summed E-state index contributed by atoms with van der Waals surface area (Å²) in [6, 6.07) is 27.1. The smallest absolute Gasteiger partial charge is 0.118 e. The maximum atomic E-state index is 5.29. The Labute approximate surface area is 157 Å². The van der Waals surface area contributed by atoms with Crippen molar-refractivity contribution < 1.29 is 4.74 Å². The van der Waals surface area contributed by atoms with E-state index in [1.807, 2.05) is 24.3 Å². The topological polar surface area (TPSA) is 34.1 Å². The van der Waals surface area contributed by atoms with E-state index in [1.165, 1.54) is 15.8 Å². The summed E-state index contributed by atoms with van der Waals surface area (Å²) < 4.78 is 6.52. The lowest BCUT2D eigenvalue weighted by molar-refractivity contribution is 0.414. The number of methoxy groups -OCH3 is 1. The molecule has 0 unspecified atom stereocenters. The van der Waals surface area contributed by atoms with Crippen LogP contribution in [0.4, 0.5) is 0 Å². The van der Waals surface area contributed by atoms with Crippen molar-refractivity contribution in [3.05, 3.63) is 95.0 Å². The van der Waals surface area contributed by atoms with Crippen molar-refractivity contribution in [2.75, 3.05) is 7.11 Å². The van der Waals surface area contributed by atoms with Crippen LogP contribution in [0.1, 0.15) is 22.2 Å². The Bertz CT molecular complexity index is 947. The van der Waals surface area contributed by atoms with Crippen LogP contribution in [0.25, 0.3) is 10.2 Å². The van der Waals surface area contributed by atoms with E-state index in [2.05, 4.69) is 59.9 Å². The van der Waals surface area contributed by atoms with Gasteiger partial charge < -0.3 is 4.74 Å². The summed E-state index contributed by atoms with van der Waals surface area (Å²) >= 11 is 1.74. The van der Waals surface area contributed by atoms with Crippen LogP contribution in [0.5, 0.6) is 5.75 Å². The Morgan fingerprint density at radius 2 is 1.58 bits per heavy atom. The summed E-state index contributed by atoms with van der Waals surface area (Å²) in [5.74, 6) is 0.867. The standard InChI is InChI=1S/C22H20N2OS/c1-25-18-13-11-17(12-14-18)22(16-7-3-2-4-8-16)23-15-21-24-19-9-5-6-10-20(19)26-21/h2-14,22-23H,15H2,1H3/t22-/m0/s1. The second kappa shape index (κ2) is 7.68. The molecule has 0 aliphatic heterocycles. The van der Waals surface area contributed by atoms with Crippen molar-refractivity contribution in [1.29, 1.82) is 0 Å². The van der Waals surface area contributed by atoms with E-state index in [4.69, 9.17) is 9.72 Å². The molecule has 0 amide bonds. The van der Waals surface area contributed by atoms with Crippen LogP contribution in [0, 0.1) is 0 Å². The molecule has 0 aliphatic carbocycles. The van der Waals surface area contributed by atoms with Crippen LogP contribution in [-0.4, -0.2) is 12.1 Å². The highest BCUT2D eigenvalue weighted by Crippen LogP contribution is 2.26. The first-order chi connectivity index (χ1) is 12.8. The molecule has 130 valence electrons. The molecule has 0 saturated carbocycles. The van der Waals surface area contributed by atoms with E-state index in [-0.39, 0.29) is 6.04 Å². The molecular weight excluding hydrogens is 340 g/mol. The molecule has 4 rings (SSSR count). The van der Waals surface area contributed by atoms with Gasteiger partial charge in [-0.25, -0.2) is 4.98 Å². The molecule has 4 heteroatoms. The van der Waals surface area contributed by atoms with Gasteiger partial charge in [0, 0.05) is 6.54 Å². The lowest BCUT2D eigenvalue weighted by atomic mass is 9.98. The number of hydrogen-bond donors (Lipinski definition) is 1. The number of nitrogens with one attached hydrogen (secondary N) is 1. The second-order valence-electron chi connectivity index (χ2n) is 6.07. The van der Waals surface area contributed by atoms with Crippen LogP contribution in [0.3, 0.4) is 0 Å². The van der Waals surface area contributed by atoms with Crippen LogP contribution >= 0.6 is 11.3 Å². The third kappa shape index (κ3) is 3.62. The molecular formula is C22H20N2OS. The van der Waals surface area contributed by atoms with Gasteiger partial charge in [0.15, 0.2) is 0 Å². The molecule has 0 aliphatic rings. The minimum Gasteiger partial charge on any atom is -0.497 e. The number of thiazole rings is 1. The summed E-state index contributed by atoms with van der Waals surface area (Å²) in [7, 11) is 1.69. The molecule has 1 heterocycles. The Balaban J connectivity index is 1.60. The SMILES string of the molecule is COc1ccc([C@@H](NCc2nc3ccccc3s2)c2ccccc2)cc1. The van der Waals surface area contributed by atoms with Crippen molar-refractivity contribution >= 4 is 21.6 Å². The van der Waals surface area contributed by atoms with Crippen LogP contribution in [-0.2, 0) is 6.54 Å². The predicted molar refractivity (Wildman–Crippen MR) is 108 cm³/mol. The molecule has 1 aromatic heterocycles. The van der Waals surface area contributed by atoms with Gasteiger partial charge in [-0.15, -0.1) is 11.3 Å². The van der Waals surface area contributed by atoms with Crippen molar-refractivity contribution in [3.63, 3.8) is 0 Å². The van der Waals surface area contributed by atoms with Crippen molar-refractivity contribution in [3.8, 4) is 5.75 Å². The quantitative estimate of drug-likeness (QED) is 0.514. The summed E-state index contributed by atoms with van der Waals surface area (Å²) in [6.45, 7) is 0.727. The van der Waals surface area contributed by atoms with Crippen LogP contribution < -0.4 is 10.1 Å². The van der Waals surface area contributed by atoms with E-state index in [9.17, 15) is 0 Å². The van der Waals surface area contributed by atoms with Gasteiger partial charge in [-0.1, -0.05) is 54.6 Å². The lowest BCUT2D eigenvalue weighted by Gasteiger charge is -2.19. The highest BCUT2D eigenvalue weighted by Gasteiger charge is 2.14. The van der Waals surface area contributed by atoms with Crippen molar-refractivity contribution in [2.45, 2.75) is 12.6 Å². The minimum atomic E-state index is 0.106. The first-order valence-corrected chi connectivity index (χ1v) is 9.42. The van der Waals surface area contributed by atoms with Crippen molar-refractivity contribution in [1.82, 2.24) is 10.3 Å². The Kier molecular flexibility index (Phi) is 4.95. The normalized spacial score (nSPS) is 12.2. The molecule has 0 saturated heterocycles. The summed E-state index contributed by atoms with van der Waals surface area (Å²) in [4.78, 5) is 4.74. The van der Waals surface area contributed by atoms with E-state index in [0.29, 0.717) is 0 Å². The second-order valence-corrected chi connectivity index (χ2v) is 7.19. The van der Waals surface area contributed by atoms with Gasteiger partial charge in [0.25, 0.3) is 0 Å². The maximum absolute atomic E-state index is 5.29. The largest absolute Gasteiger partial charge is 0.497 e. The molecule has 26 heavy (non-hydrogen) atoms. The summed E-state index contributed by atoms with van der Waals surface area (Å²) in [5.41, 5.74) is 3.51. The number of ether oxygens (including phenoxy) is 1.